The van der Waals surface area contributed by atoms with E-state index >= 15 is 0 Å². The lowest BCUT2D eigenvalue weighted by molar-refractivity contribution is -0.116. The molecule has 0 spiro atoms. The maximum absolute atomic E-state index is 12.1. The minimum Gasteiger partial charge on any atom is -0.508 e. The number of hydrogen-bond acceptors (Lipinski definition) is 2. The Balaban J connectivity index is 2.31. The van der Waals surface area contributed by atoms with Gasteiger partial charge in [0.2, 0.25) is 5.91 Å². The van der Waals surface area contributed by atoms with Crippen LogP contribution in [0, 0.1) is 20.8 Å². The summed E-state index contributed by atoms with van der Waals surface area (Å²) in [5.41, 5.74) is 3.55. The van der Waals surface area contributed by atoms with Gasteiger partial charge in [0.1, 0.15) is 5.75 Å². The van der Waals surface area contributed by atoms with Crippen LogP contribution in [0.15, 0.2) is 6.07 Å². The van der Waals surface area contributed by atoms with E-state index in [1.807, 2.05) is 20.8 Å². The quantitative estimate of drug-likeness (QED) is 0.424. The Kier molecular flexibility index (Phi) is 8.75. The molecule has 0 aliphatic carbocycles. The van der Waals surface area contributed by atoms with Gasteiger partial charge >= 0.3 is 0 Å². The molecule has 3 heteroatoms. The molecule has 1 amide bonds. The smallest absolute Gasteiger partial charge is 0.224 e. The normalized spacial score (nSPS) is 10.8. The molecule has 0 aliphatic heterocycles. The van der Waals surface area contributed by atoms with Crippen LogP contribution in [0.1, 0.15) is 81.4 Å². The van der Waals surface area contributed by atoms with Crippen LogP contribution in [0.5, 0.6) is 5.75 Å². The topological polar surface area (TPSA) is 49.3 Å². The number of aromatic hydroxyl groups is 1. The molecule has 0 fully saturated rings. The molecule has 0 atom stereocenters. The van der Waals surface area contributed by atoms with Crippen molar-refractivity contribution in [1.82, 2.24) is 0 Å². The van der Waals surface area contributed by atoms with E-state index in [1.165, 1.54) is 38.5 Å². The molecule has 130 valence electrons. The molecule has 0 heterocycles. The maximum Gasteiger partial charge on any atom is 0.224 e. The zero-order valence-electron chi connectivity index (χ0n) is 15.3. The Labute approximate surface area is 141 Å². The largest absolute Gasteiger partial charge is 0.508 e. The zero-order valence-corrected chi connectivity index (χ0v) is 15.3. The van der Waals surface area contributed by atoms with Crippen LogP contribution in [-0.4, -0.2) is 11.0 Å². The molecule has 3 nitrogen and oxygen atoms in total. The van der Waals surface area contributed by atoms with Crippen LogP contribution in [0.4, 0.5) is 5.69 Å². The van der Waals surface area contributed by atoms with Gasteiger partial charge in [0.15, 0.2) is 0 Å². The summed E-state index contributed by atoms with van der Waals surface area (Å²) in [6.07, 6.45) is 10.5. The molecule has 0 saturated carbocycles. The molecule has 0 unspecified atom stereocenters. The van der Waals surface area contributed by atoms with Crippen molar-refractivity contribution >= 4 is 11.6 Å². The molecule has 0 aliphatic rings. The van der Waals surface area contributed by atoms with Gasteiger partial charge in [-0.1, -0.05) is 51.9 Å². The van der Waals surface area contributed by atoms with Crippen molar-refractivity contribution in [2.24, 2.45) is 0 Å². The Morgan fingerprint density at radius 2 is 1.52 bits per heavy atom. The number of carbonyl (C=O) groups excluding carboxylic acids is 1. The van der Waals surface area contributed by atoms with E-state index in [-0.39, 0.29) is 5.91 Å². The van der Waals surface area contributed by atoms with Crippen molar-refractivity contribution < 1.29 is 9.90 Å². The van der Waals surface area contributed by atoms with Gasteiger partial charge in [0.05, 0.1) is 0 Å². The minimum atomic E-state index is 0.0762. The average Bonchev–Trinajstić information content (AvgIpc) is 2.52. The number of nitrogens with one attached hydrogen (secondary N) is 1. The number of anilines is 1. The standard InChI is InChI=1S/C20H33NO2/c1-5-6-7-8-9-10-11-12-13-19(23)21-20-15(2)14-18(22)16(3)17(20)4/h14,22H,5-13H2,1-4H3,(H,21,23). The second-order valence-corrected chi connectivity index (χ2v) is 6.61. The Morgan fingerprint density at radius 1 is 0.957 bits per heavy atom. The third-order valence-electron chi connectivity index (χ3n) is 4.59. The lowest BCUT2D eigenvalue weighted by Gasteiger charge is -2.15. The summed E-state index contributed by atoms with van der Waals surface area (Å²) < 4.78 is 0. The summed E-state index contributed by atoms with van der Waals surface area (Å²) in [6, 6.07) is 1.72. The predicted octanol–water partition coefficient (Wildman–Crippen LogP) is 5.79. The molecule has 23 heavy (non-hydrogen) atoms. The van der Waals surface area contributed by atoms with E-state index in [4.69, 9.17) is 0 Å². The number of hydrogen-bond donors (Lipinski definition) is 2. The van der Waals surface area contributed by atoms with E-state index in [9.17, 15) is 9.90 Å². The first-order valence-corrected chi connectivity index (χ1v) is 9.07. The van der Waals surface area contributed by atoms with Crippen LogP contribution in [0.25, 0.3) is 0 Å². The molecular formula is C20H33NO2. The summed E-state index contributed by atoms with van der Waals surface area (Å²) in [7, 11) is 0. The SMILES string of the molecule is CCCCCCCCCCC(=O)Nc1c(C)cc(O)c(C)c1C. The van der Waals surface area contributed by atoms with Crippen LogP contribution >= 0.6 is 0 Å². The van der Waals surface area contributed by atoms with Crippen molar-refractivity contribution in [3.63, 3.8) is 0 Å². The van der Waals surface area contributed by atoms with Crippen molar-refractivity contribution in [2.45, 2.75) is 85.5 Å². The van der Waals surface area contributed by atoms with E-state index in [2.05, 4.69) is 12.2 Å². The third kappa shape index (κ3) is 6.64. The number of phenolic OH excluding ortho intramolecular Hbond substituents is 1. The first-order valence-electron chi connectivity index (χ1n) is 9.07. The average molecular weight is 319 g/mol. The number of unbranched alkanes of at least 4 members (excludes halogenated alkanes) is 7. The van der Waals surface area contributed by atoms with Crippen molar-refractivity contribution in [1.29, 1.82) is 0 Å². The summed E-state index contributed by atoms with van der Waals surface area (Å²) in [4.78, 5) is 12.1. The highest BCUT2D eigenvalue weighted by atomic mass is 16.3. The maximum atomic E-state index is 12.1. The zero-order chi connectivity index (χ0) is 17.2. The van der Waals surface area contributed by atoms with Gasteiger partial charge in [0.25, 0.3) is 0 Å². The second-order valence-electron chi connectivity index (χ2n) is 6.61. The van der Waals surface area contributed by atoms with Gasteiger partial charge in [-0.3, -0.25) is 4.79 Å². The number of amides is 1. The fraction of sp³-hybridized carbons (Fsp3) is 0.650. The van der Waals surface area contributed by atoms with Crippen molar-refractivity contribution in [3.8, 4) is 5.75 Å². The van der Waals surface area contributed by atoms with Gasteiger partial charge in [-0.25, -0.2) is 0 Å². The second kappa shape index (κ2) is 10.3. The number of phenols is 1. The molecule has 2 N–H and O–H groups in total. The number of carbonyl (C=O) groups is 1. The fourth-order valence-corrected chi connectivity index (χ4v) is 2.87. The highest BCUT2D eigenvalue weighted by molar-refractivity contribution is 5.92. The number of rotatable bonds is 10. The number of aryl methyl sites for hydroxylation is 1. The molecule has 0 aromatic heterocycles. The summed E-state index contributed by atoms with van der Waals surface area (Å²) in [5.74, 6) is 0.369. The van der Waals surface area contributed by atoms with Crippen LogP contribution < -0.4 is 5.32 Å². The molecule has 0 bridgehead atoms. The monoisotopic (exact) mass is 319 g/mol. The molecule has 1 aromatic carbocycles. The fourth-order valence-electron chi connectivity index (χ4n) is 2.87. The molecule has 1 aromatic rings. The van der Waals surface area contributed by atoms with E-state index < -0.39 is 0 Å². The van der Waals surface area contributed by atoms with Crippen molar-refractivity contribution in [3.05, 3.63) is 22.8 Å². The van der Waals surface area contributed by atoms with Crippen LogP contribution in [0.2, 0.25) is 0 Å². The third-order valence-corrected chi connectivity index (χ3v) is 4.59. The first kappa shape index (κ1) is 19.5. The van der Waals surface area contributed by atoms with Gasteiger partial charge in [-0.05, 0) is 49.9 Å². The van der Waals surface area contributed by atoms with E-state index in [0.717, 1.165) is 35.2 Å². The van der Waals surface area contributed by atoms with Crippen LogP contribution in [0.3, 0.4) is 0 Å². The molecular weight excluding hydrogens is 286 g/mol. The van der Waals surface area contributed by atoms with Gasteiger partial charge in [-0.2, -0.15) is 0 Å². The predicted molar refractivity (Wildman–Crippen MR) is 98.2 cm³/mol. The molecule has 0 saturated heterocycles. The number of benzene rings is 1. The van der Waals surface area contributed by atoms with Gasteiger partial charge in [0, 0.05) is 12.1 Å². The lowest BCUT2D eigenvalue weighted by atomic mass is 10.0. The Bertz CT molecular complexity index is 509. The highest BCUT2D eigenvalue weighted by Gasteiger charge is 2.12. The first-order chi connectivity index (χ1) is 11.0. The van der Waals surface area contributed by atoms with Gasteiger partial charge < -0.3 is 10.4 Å². The Hall–Kier alpha value is -1.51. The Morgan fingerprint density at radius 3 is 2.13 bits per heavy atom. The van der Waals surface area contributed by atoms with Gasteiger partial charge in [-0.15, -0.1) is 0 Å². The summed E-state index contributed by atoms with van der Waals surface area (Å²) in [6.45, 7) is 7.96. The minimum absolute atomic E-state index is 0.0762. The van der Waals surface area contributed by atoms with E-state index in [1.54, 1.807) is 6.07 Å². The molecule has 0 radical (unpaired) electrons. The summed E-state index contributed by atoms with van der Waals surface area (Å²) >= 11 is 0. The van der Waals surface area contributed by atoms with Crippen LogP contribution in [-0.2, 0) is 4.79 Å². The van der Waals surface area contributed by atoms with E-state index in [0.29, 0.717) is 12.2 Å². The summed E-state index contributed by atoms with van der Waals surface area (Å²) in [5, 5.41) is 12.8. The lowest BCUT2D eigenvalue weighted by Crippen LogP contribution is -2.13. The molecule has 1 rings (SSSR count). The highest BCUT2D eigenvalue weighted by Crippen LogP contribution is 2.30. The van der Waals surface area contributed by atoms with Crippen molar-refractivity contribution in [2.75, 3.05) is 5.32 Å².